The summed E-state index contributed by atoms with van der Waals surface area (Å²) in [4.78, 5) is 24.9. The van der Waals surface area contributed by atoms with Gasteiger partial charge in [0.1, 0.15) is 5.76 Å². The predicted molar refractivity (Wildman–Crippen MR) is 70.2 cm³/mol. The largest absolute Gasteiger partial charge is 0.469 e. The topological polar surface area (TPSA) is 59.8 Å². The molecule has 1 aromatic heterocycles. The van der Waals surface area contributed by atoms with Gasteiger partial charge >= 0.3 is 5.97 Å². The number of hydrogen-bond donors (Lipinski definition) is 0. The Morgan fingerprint density at radius 1 is 1.42 bits per heavy atom. The minimum absolute atomic E-state index is 0.0234. The molecule has 0 bridgehead atoms. The van der Waals surface area contributed by atoms with Gasteiger partial charge in [0.25, 0.3) is 0 Å². The van der Waals surface area contributed by atoms with E-state index in [2.05, 4.69) is 4.74 Å². The molecule has 0 unspecified atom stereocenters. The lowest BCUT2D eigenvalue weighted by Gasteiger charge is -2.22. The third-order valence-electron chi connectivity index (χ3n) is 2.68. The van der Waals surface area contributed by atoms with Crippen LogP contribution in [-0.4, -0.2) is 30.4 Å². The Hall–Kier alpha value is -1.78. The van der Waals surface area contributed by atoms with E-state index in [1.165, 1.54) is 7.11 Å². The van der Waals surface area contributed by atoms with Gasteiger partial charge in [0, 0.05) is 13.0 Å². The van der Waals surface area contributed by atoms with Crippen molar-refractivity contribution in [2.75, 3.05) is 13.7 Å². The lowest BCUT2D eigenvalue weighted by molar-refractivity contribution is -0.142. The summed E-state index contributed by atoms with van der Waals surface area (Å²) >= 11 is 0. The lowest BCUT2D eigenvalue weighted by Crippen LogP contribution is -2.33. The van der Waals surface area contributed by atoms with Gasteiger partial charge in [-0.25, -0.2) is 0 Å². The molecule has 19 heavy (non-hydrogen) atoms. The Morgan fingerprint density at radius 2 is 2.16 bits per heavy atom. The Morgan fingerprint density at radius 3 is 2.68 bits per heavy atom. The van der Waals surface area contributed by atoms with Gasteiger partial charge < -0.3 is 14.1 Å². The van der Waals surface area contributed by atoms with Gasteiger partial charge in [0.2, 0.25) is 5.91 Å². The zero-order chi connectivity index (χ0) is 14.3. The fraction of sp³-hybridized carbons (Fsp3) is 0.571. The van der Waals surface area contributed by atoms with Crippen molar-refractivity contribution < 1.29 is 18.7 Å². The summed E-state index contributed by atoms with van der Waals surface area (Å²) in [5, 5.41) is 0. The first-order valence-corrected chi connectivity index (χ1v) is 6.40. The normalized spacial score (nSPS) is 10.5. The van der Waals surface area contributed by atoms with Gasteiger partial charge in [-0.3, -0.25) is 9.59 Å². The second-order valence-electron chi connectivity index (χ2n) is 4.82. The summed E-state index contributed by atoms with van der Waals surface area (Å²) < 4.78 is 9.84. The number of amides is 1. The molecule has 0 radical (unpaired) electrons. The van der Waals surface area contributed by atoms with E-state index in [1.807, 2.05) is 19.9 Å². The van der Waals surface area contributed by atoms with Crippen molar-refractivity contribution in [3.63, 3.8) is 0 Å². The van der Waals surface area contributed by atoms with Gasteiger partial charge in [-0.05, 0) is 18.1 Å². The number of carbonyl (C=O) groups is 2. The van der Waals surface area contributed by atoms with Gasteiger partial charge in [-0.1, -0.05) is 13.8 Å². The Balaban J connectivity index is 2.61. The first-order valence-electron chi connectivity index (χ1n) is 6.40. The van der Waals surface area contributed by atoms with Crippen LogP contribution in [0.1, 0.15) is 32.4 Å². The van der Waals surface area contributed by atoms with Crippen LogP contribution in [-0.2, 0) is 20.9 Å². The molecule has 0 aliphatic carbocycles. The highest BCUT2D eigenvalue weighted by molar-refractivity contribution is 5.77. The summed E-state index contributed by atoms with van der Waals surface area (Å²) in [6, 6.07) is 3.59. The molecule has 106 valence electrons. The molecule has 0 aromatic carbocycles. The van der Waals surface area contributed by atoms with E-state index in [1.54, 1.807) is 17.2 Å². The molecule has 0 fully saturated rings. The van der Waals surface area contributed by atoms with Gasteiger partial charge in [-0.15, -0.1) is 0 Å². The molecule has 0 saturated carbocycles. The van der Waals surface area contributed by atoms with E-state index < -0.39 is 0 Å². The molecular weight excluding hydrogens is 246 g/mol. The second kappa shape index (κ2) is 7.61. The molecule has 0 atom stereocenters. The Bertz CT molecular complexity index is 398. The number of ether oxygens (including phenoxy) is 1. The zero-order valence-electron chi connectivity index (χ0n) is 11.7. The standard InChI is InChI=1S/C14H21NO4/c1-11(2)9-13(16)15(7-6-14(17)18-3)10-12-5-4-8-19-12/h4-5,8,11H,6-7,9-10H2,1-3H3. The van der Waals surface area contributed by atoms with E-state index in [-0.39, 0.29) is 24.2 Å². The maximum absolute atomic E-state index is 12.1. The highest BCUT2D eigenvalue weighted by Gasteiger charge is 2.17. The summed E-state index contributed by atoms with van der Waals surface area (Å²) in [6.45, 7) is 4.71. The molecule has 1 amide bonds. The second-order valence-corrected chi connectivity index (χ2v) is 4.82. The fourth-order valence-electron chi connectivity index (χ4n) is 1.69. The van der Waals surface area contributed by atoms with Crippen molar-refractivity contribution in [2.45, 2.75) is 33.2 Å². The monoisotopic (exact) mass is 267 g/mol. The van der Waals surface area contributed by atoms with Crippen molar-refractivity contribution >= 4 is 11.9 Å². The highest BCUT2D eigenvalue weighted by Crippen LogP contribution is 2.11. The average molecular weight is 267 g/mol. The van der Waals surface area contributed by atoms with Crippen LogP contribution in [0.25, 0.3) is 0 Å². The van der Waals surface area contributed by atoms with E-state index in [0.717, 1.165) is 0 Å². The van der Waals surface area contributed by atoms with Crippen LogP contribution < -0.4 is 0 Å². The summed E-state index contributed by atoms with van der Waals surface area (Å²) in [5.74, 6) is 0.698. The van der Waals surface area contributed by atoms with Crippen molar-refractivity contribution in [1.29, 1.82) is 0 Å². The molecule has 0 saturated heterocycles. The van der Waals surface area contributed by atoms with Gasteiger partial charge in [0.05, 0.1) is 26.3 Å². The maximum atomic E-state index is 12.1. The third kappa shape index (κ3) is 5.59. The maximum Gasteiger partial charge on any atom is 0.307 e. The van der Waals surface area contributed by atoms with Crippen molar-refractivity contribution in [3.05, 3.63) is 24.2 Å². The number of methoxy groups -OCH3 is 1. The SMILES string of the molecule is COC(=O)CCN(Cc1ccco1)C(=O)CC(C)C. The number of esters is 1. The molecule has 0 N–H and O–H groups in total. The lowest BCUT2D eigenvalue weighted by atomic mass is 10.1. The van der Waals surface area contributed by atoms with Crippen LogP contribution in [0.15, 0.2) is 22.8 Å². The summed E-state index contributed by atoms with van der Waals surface area (Å²) in [7, 11) is 1.34. The molecule has 5 nitrogen and oxygen atoms in total. The summed E-state index contributed by atoms with van der Waals surface area (Å²) in [5.41, 5.74) is 0. The van der Waals surface area contributed by atoms with E-state index >= 15 is 0 Å². The Labute approximate surface area is 113 Å². The van der Waals surface area contributed by atoms with Crippen LogP contribution >= 0.6 is 0 Å². The molecule has 0 spiro atoms. The molecule has 1 aromatic rings. The van der Waals surface area contributed by atoms with Crippen molar-refractivity contribution in [3.8, 4) is 0 Å². The van der Waals surface area contributed by atoms with Gasteiger partial charge in [-0.2, -0.15) is 0 Å². The number of furan rings is 1. The van der Waals surface area contributed by atoms with Crippen LogP contribution in [0.4, 0.5) is 0 Å². The minimum Gasteiger partial charge on any atom is -0.469 e. The fourth-order valence-corrected chi connectivity index (χ4v) is 1.69. The van der Waals surface area contributed by atoms with Crippen molar-refractivity contribution in [1.82, 2.24) is 4.90 Å². The third-order valence-corrected chi connectivity index (χ3v) is 2.68. The van der Waals surface area contributed by atoms with E-state index in [4.69, 9.17) is 4.42 Å². The molecule has 1 rings (SSSR count). The van der Waals surface area contributed by atoms with E-state index in [0.29, 0.717) is 25.3 Å². The minimum atomic E-state index is -0.318. The summed E-state index contributed by atoms with van der Waals surface area (Å²) in [6.07, 6.45) is 2.23. The molecular formula is C14H21NO4. The average Bonchev–Trinajstić information content (AvgIpc) is 2.85. The smallest absolute Gasteiger partial charge is 0.307 e. The number of rotatable bonds is 7. The quantitative estimate of drug-likeness (QED) is 0.711. The Kier molecular flexibility index (Phi) is 6.12. The van der Waals surface area contributed by atoms with E-state index in [9.17, 15) is 9.59 Å². The van der Waals surface area contributed by atoms with Crippen LogP contribution in [0.5, 0.6) is 0 Å². The predicted octanol–water partition coefficient (Wildman–Crippen LogP) is 2.22. The van der Waals surface area contributed by atoms with Crippen LogP contribution in [0.2, 0.25) is 0 Å². The van der Waals surface area contributed by atoms with Crippen LogP contribution in [0, 0.1) is 5.92 Å². The number of hydrogen-bond acceptors (Lipinski definition) is 4. The molecule has 5 heteroatoms. The first-order chi connectivity index (χ1) is 9.02. The first kappa shape index (κ1) is 15.3. The van der Waals surface area contributed by atoms with Crippen molar-refractivity contribution in [2.24, 2.45) is 5.92 Å². The highest BCUT2D eigenvalue weighted by atomic mass is 16.5. The van der Waals surface area contributed by atoms with Gasteiger partial charge in [0.15, 0.2) is 0 Å². The van der Waals surface area contributed by atoms with Crippen LogP contribution in [0.3, 0.4) is 0 Å². The molecule has 0 aliphatic heterocycles. The molecule has 0 aliphatic rings. The number of carbonyl (C=O) groups excluding carboxylic acids is 2. The number of nitrogens with zero attached hydrogens (tertiary/aromatic N) is 1. The zero-order valence-corrected chi connectivity index (χ0v) is 11.7. The molecule has 1 heterocycles.